The van der Waals surface area contributed by atoms with E-state index < -0.39 is 5.97 Å². The third-order valence-electron chi connectivity index (χ3n) is 2.90. The highest BCUT2D eigenvalue weighted by atomic mass is 16.4. The molecule has 5 heteroatoms. The van der Waals surface area contributed by atoms with E-state index in [-0.39, 0.29) is 12.5 Å². The lowest BCUT2D eigenvalue weighted by Gasteiger charge is -2.23. The Morgan fingerprint density at radius 1 is 1.05 bits per heavy atom. The third kappa shape index (κ3) is 5.01. The number of amides is 1. The van der Waals surface area contributed by atoms with Gasteiger partial charge in [-0.15, -0.1) is 0 Å². The van der Waals surface area contributed by atoms with E-state index in [0.29, 0.717) is 18.7 Å². The van der Waals surface area contributed by atoms with Gasteiger partial charge in [0.15, 0.2) is 0 Å². The topological polar surface area (TPSA) is 60.9 Å². The summed E-state index contributed by atoms with van der Waals surface area (Å²) in [5.41, 5.74) is 2.54. The molecular weight excluding hydrogens is 256 g/mol. The summed E-state index contributed by atoms with van der Waals surface area (Å²) < 4.78 is 0. The van der Waals surface area contributed by atoms with Gasteiger partial charge in [-0.25, -0.2) is 0 Å². The van der Waals surface area contributed by atoms with Crippen LogP contribution >= 0.6 is 0 Å². The van der Waals surface area contributed by atoms with E-state index in [4.69, 9.17) is 5.11 Å². The minimum Gasteiger partial charge on any atom is -0.480 e. The second-order valence-corrected chi connectivity index (χ2v) is 5.30. The van der Waals surface area contributed by atoms with E-state index in [9.17, 15) is 9.59 Å². The SMILES string of the molecule is Cc1cc(C)cc(C(=O)N(CCN(C)C)CC(=O)O)c1. The number of carbonyl (C=O) groups is 2. The molecule has 0 aromatic heterocycles. The van der Waals surface area contributed by atoms with Crippen LogP contribution in [0.25, 0.3) is 0 Å². The quantitative estimate of drug-likeness (QED) is 0.854. The summed E-state index contributed by atoms with van der Waals surface area (Å²) in [6.45, 7) is 4.59. The Bertz CT molecular complexity index is 478. The van der Waals surface area contributed by atoms with Gasteiger partial charge in [-0.1, -0.05) is 17.2 Å². The van der Waals surface area contributed by atoms with Gasteiger partial charge < -0.3 is 14.9 Å². The Kier molecular flexibility index (Phi) is 5.70. The Hall–Kier alpha value is -1.88. The molecule has 1 N–H and O–H groups in total. The summed E-state index contributed by atoms with van der Waals surface area (Å²) in [7, 11) is 3.78. The number of aliphatic carboxylic acids is 1. The fourth-order valence-electron chi connectivity index (χ4n) is 2.02. The molecule has 0 bridgehead atoms. The predicted octanol–water partition coefficient (Wildman–Crippen LogP) is 1.39. The first kappa shape index (κ1) is 16.2. The third-order valence-corrected chi connectivity index (χ3v) is 2.90. The molecule has 1 aromatic rings. The Labute approximate surface area is 119 Å². The normalized spacial score (nSPS) is 10.7. The molecule has 110 valence electrons. The van der Waals surface area contributed by atoms with Crippen molar-refractivity contribution in [3.05, 3.63) is 34.9 Å². The van der Waals surface area contributed by atoms with Crippen LogP contribution in [0.2, 0.25) is 0 Å². The highest BCUT2D eigenvalue weighted by molar-refractivity contribution is 5.96. The van der Waals surface area contributed by atoms with Crippen LogP contribution in [0, 0.1) is 13.8 Å². The van der Waals surface area contributed by atoms with Gasteiger partial charge in [0.25, 0.3) is 5.91 Å². The van der Waals surface area contributed by atoms with Gasteiger partial charge in [0.1, 0.15) is 6.54 Å². The fraction of sp³-hybridized carbons (Fsp3) is 0.467. The zero-order valence-electron chi connectivity index (χ0n) is 12.5. The van der Waals surface area contributed by atoms with Crippen LogP contribution in [0.4, 0.5) is 0 Å². The van der Waals surface area contributed by atoms with Gasteiger partial charge in [-0.3, -0.25) is 9.59 Å². The van der Waals surface area contributed by atoms with E-state index in [1.165, 1.54) is 4.90 Å². The number of benzene rings is 1. The first-order valence-corrected chi connectivity index (χ1v) is 6.53. The van der Waals surface area contributed by atoms with Crippen molar-refractivity contribution in [2.75, 3.05) is 33.7 Å². The highest BCUT2D eigenvalue weighted by Gasteiger charge is 2.19. The van der Waals surface area contributed by atoms with Gasteiger partial charge in [-0.05, 0) is 40.1 Å². The molecule has 5 nitrogen and oxygen atoms in total. The van der Waals surface area contributed by atoms with Crippen LogP contribution in [-0.4, -0.2) is 60.5 Å². The zero-order chi connectivity index (χ0) is 15.3. The number of carboxylic acids is 1. The molecule has 1 amide bonds. The van der Waals surface area contributed by atoms with Crippen LogP contribution in [0.1, 0.15) is 21.5 Å². The number of nitrogens with zero attached hydrogens (tertiary/aromatic N) is 2. The Morgan fingerprint density at radius 3 is 2.05 bits per heavy atom. The van der Waals surface area contributed by atoms with Gasteiger partial charge in [0.2, 0.25) is 0 Å². The number of carbonyl (C=O) groups excluding carboxylic acids is 1. The van der Waals surface area contributed by atoms with Crippen molar-refractivity contribution in [1.82, 2.24) is 9.80 Å². The van der Waals surface area contributed by atoms with Gasteiger partial charge >= 0.3 is 5.97 Å². The highest BCUT2D eigenvalue weighted by Crippen LogP contribution is 2.11. The van der Waals surface area contributed by atoms with E-state index >= 15 is 0 Å². The van der Waals surface area contributed by atoms with Gasteiger partial charge in [0.05, 0.1) is 0 Å². The standard InChI is InChI=1S/C15H22N2O3/c1-11-7-12(2)9-13(8-11)15(20)17(10-14(18)19)6-5-16(3)4/h7-9H,5-6,10H2,1-4H3,(H,18,19). The second-order valence-electron chi connectivity index (χ2n) is 5.30. The lowest BCUT2D eigenvalue weighted by molar-refractivity contribution is -0.137. The van der Waals surface area contributed by atoms with Crippen molar-refractivity contribution in [2.24, 2.45) is 0 Å². The van der Waals surface area contributed by atoms with Gasteiger partial charge in [0, 0.05) is 18.7 Å². The number of likely N-dealkylation sites (N-methyl/N-ethyl adjacent to an activating group) is 1. The number of carboxylic acid groups (broad SMARTS) is 1. The minimum absolute atomic E-state index is 0.235. The molecule has 0 fully saturated rings. The predicted molar refractivity (Wildman–Crippen MR) is 78.0 cm³/mol. The fourth-order valence-corrected chi connectivity index (χ4v) is 2.02. The molecule has 1 aromatic carbocycles. The van der Waals surface area contributed by atoms with Crippen LogP contribution in [-0.2, 0) is 4.79 Å². The molecule has 0 aliphatic rings. The van der Waals surface area contributed by atoms with Gasteiger partial charge in [-0.2, -0.15) is 0 Å². The summed E-state index contributed by atoms with van der Waals surface area (Å²) in [5, 5.41) is 8.95. The molecule has 20 heavy (non-hydrogen) atoms. The molecule has 0 aliphatic carbocycles. The Morgan fingerprint density at radius 2 is 1.60 bits per heavy atom. The van der Waals surface area contributed by atoms with E-state index in [0.717, 1.165) is 11.1 Å². The largest absolute Gasteiger partial charge is 0.480 e. The van der Waals surface area contributed by atoms with Crippen molar-refractivity contribution in [1.29, 1.82) is 0 Å². The Balaban J connectivity index is 2.93. The average molecular weight is 278 g/mol. The monoisotopic (exact) mass is 278 g/mol. The number of aryl methyl sites for hydroxylation is 2. The molecule has 0 spiro atoms. The van der Waals surface area contributed by atoms with Crippen molar-refractivity contribution in [2.45, 2.75) is 13.8 Å². The summed E-state index contributed by atoms with van der Waals surface area (Å²) in [6, 6.07) is 5.57. The molecule has 0 saturated carbocycles. The maximum absolute atomic E-state index is 12.4. The van der Waals surface area contributed by atoms with Crippen molar-refractivity contribution >= 4 is 11.9 Å². The summed E-state index contributed by atoms with van der Waals surface area (Å²) in [6.07, 6.45) is 0. The second kappa shape index (κ2) is 7.05. The molecule has 0 heterocycles. The van der Waals surface area contributed by atoms with Crippen LogP contribution < -0.4 is 0 Å². The van der Waals surface area contributed by atoms with Crippen LogP contribution in [0.3, 0.4) is 0 Å². The van der Waals surface area contributed by atoms with Crippen molar-refractivity contribution < 1.29 is 14.7 Å². The average Bonchev–Trinajstić information content (AvgIpc) is 2.31. The first-order chi connectivity index (χ1) is 9.29. The minimum atomic E-state index is -0.999. The molecule has 0 atom stereocenters. The number of rotatable bonds is 6. The number of hydrogen-bond donors (Lipinski definition) is 1. The molecule has 0 saturated heterocycles. The lowest BCUT2D eigenvalue weighted by atomic mass is 10.1. The molecule has 0 aliphatic heterocycles. The summed E-state index contributed by atoms with van der Waals surface area (Å²) in [5.74, 6) is -1.23. The summed E-state index contributed by atoms with van der Waals surface area (Å²) in [4.78, 5) is 26.6. The molecular formula is C15H22N2O3. The molecule has 0 radical (unpaired) electrons. The van der Waals surface area contributed by atoms with Crippen molar-refractivity contribution in [3.63, 3.8) is 0 Å². The number of hydrogen-bond acceptors (Lipinski definition) is 3. The molecule has 1 rings (SSSR count). The first-order valence-electron chi connectivity index (χ1n) is 6.53. The maximum Gasteiger partial charge on any atom is 0.323 e. The van der Waals surface area contributed by atoms with E-state index in [1.807, 2.05) is 38.9 Å². The van der Waals surface area contributed by atoms with E-state index in [1.54, 1.807) is 12.1 Å². The van der Waals surface area contributed by atoms with Crippen molar-refractivity contribution in [3.8, 4) is 0 Å². The van der Waals surface area contributed by atoms with Crippen LogP contribution in [0.15, 0.2) is 18.2 Å². The summed E-state index contributed by atoms with van der Waals surface area (Å²) >= 11 is 0. The lowest BCUT2D eigenvalue weighted by Crippen LogP contribution is -2.40. The zero-order valence-corrected chi connectivity index (χ0v) is 12.5. The van der Waals surface area contributed by atoms with Crippen LogP contribution in [0.5, 0.6) is 0 Å². The maximum atomic E-state index is 12.4. The van der Waals surface area contributed by atoms with E-state index in [2.05, 4.69) is 0 Å². The molecule has 0 unspecified atom stereocenters. The smallest absolute Gasteiger partial charge is 0.323 e.